The van der Waals surface area contributed by atoms with E-state index in [2.05, 4.69) is 20.9 Å². The minimum Gasteiger partial charge on any atom is -0.472 e. The van der Waals surface area contributed by atoms with E-state index in [1.165, 1.54) is 24.8 Å². The number of hydrogen-bond acceptors (Lipinski definition) is 5. The van der Waals surface area contributed by atoms with Crippen molar-refractivity contribution in [3.05, 3.63) is 78.5 Å². The summed E-state index contributed by atoms with van der Waals surface area (Å²) in [4.78, 5) is 40.4. The van der Waals surface area contributed by atoms with Gasteiger partial charge in [-0.05, 0) is 43.3 Å². The summed E-state index contributed by atoms with van der Waals surface area (Å²) >= 11 is 0. The Hall–Kier alpha value is -3.94. The van der Waals surface area contributed by atoms with Gasteiger partial charge in [-0.15, -0.1) is 0 Å². The van der Waals surface area contributed by atoms with Crippen LogP contribution in [0.15, 0.2) is 71.8 Å². The monoisotopic (exact) mass is 378 g/mol. The van der Waals surface area contributed by atoms with Crippen molar-refractivity contribution in [3.63, 3.8) is 0 Å². The third-order valence-electron chi connectivity index (χ3n) is 3.84. The lowest BCUT2D eigenvalue weighted by molar-refractivity contribution is -0.117. The highest BCUT2D eigenvalue weighted by Crippen LogP contribution is 2.16. The van der Waals surface area contributed by atoms with E-state index < -0.39 is 17.9 Å². The van der Waals surface area contributed by atoms with Crippen LogP contribution in [0, 0.1) is 0 Å². The van der Waals surface area contributed by atoms with Crippen LogP contribution < -0.4 is 16.0 Å². The molecule has 1 aromatic carbocycles. The largest absolute Gasteiger partial charge is 0.472 e. The van der Waals surface area contributed by atoms with Gasteiger partial charge in [0, 0.05) is 23.8 Å². The Kier molecular flexibility index (Phi) is 5.81. The van der Waals surface area contributed by atoms with Crippen LogP contribution in [-0.2, 0) is 4.79 Å². The molecule has 2 heterocycles. The van der Waals surface area contributed by atoms with E-state index in [1.807, 2.05) is 0 Å². The molecule has 142 valence electrons. The Morgan fingerprint density at radius 1 is 0.964 bits per heavy atom. The zero-order chi connectivity index (χ0) is 19.9. The van der Waals surface area contributed by atoms with E-state index in [4.69, 9.17) is 4.42 Å². The number of amides is 3. The molecule has 0 bridgehead atoms. The maximum atomic E-state index is 12.3. The lowest BCUT2D eigenvalue weighted by Crippen LogP contribution is -2.41. The highest BCUT2D eigenvalue weighted by Gasteiger charge is 2.17. The molecule has 0 aliphatic rings. The number of carbonyl (C=O) groups excluding carboxylic acids is 3. The number of nitrogens with one attached hydrogen (secondary N) is 3. The Bertz CT molecular complexity index is 971. The number of anilines is 2. The summed E-state index contributed by atoms with van der Waals surface area (Å²) < 4.78 is 4.85. The summed E-state index contributed by atoms with van der Waals surface area (Å²) in [5.74, 6) is -1.11. The summed E-state index contributed by atoms with van der Waals surface area (Å²) in [6, 6.07) is 10.8. The molecule has 0 fully saturated rings. The molecule has 0 aliphatic heterocycles. The van der Waals surface area contributed by atoms with Gasteiger partial charge in [-0.25, -0.2) is 0 Å². The normalized spacial score (nSPS) is 11.3. The van der Waals surface area contributed by atoms with Gasteiger partial charge in [0.15, 0.2) is 0 Å². The van der Waals surface area contributed by atoms with Crippen LogP contribution in [0.1, 0.15) is 27.6 Å². The van der Waals surface area contributed by atoms with Gasteiger partial charge in [-0.3, -0.25) is 19.4 Å². The van der Waals surface area contributed by atoms with Gasteiger partial charge in [-0.1, -0.05) is 6.07 Å². The van der Waals surface area contributed by atoms with Crippen molar-refractivity contribution < 1.29 is 18.8 Å². The third kappa shape index (κ3) is 4.82. The van der Waals surface area contributed by atoms with Crippen LogP contribution in [0.25, 0.3) is 0 Å². The molecule has 3 amide bonds. The molecule has 0 saturated heterocycles. The van der Waals surface area contributed by atoms with Crippen LogP contribution in [0.2, 0.25) is 0 Å². The van der Waals surface area contributed by atoms with Crippen LogP contribution in [-0.4, -0.2) is 28.7 Å². The van der Waals surface area contributed by atoms with Gasteiger partial charge in [0.1, 0.15) is 12.3 Å². The smallest absolute Gasteiger partial charge is 0.257 e. The van der Waals surface area contributed by atoms with Crippen LogP contribution >= 0.6 is 0 Å². The molecule has 3 aromatic rings. The molecule has 0 saturated carbocycles. The average Bonchev–Trinajstić information content (AvgIpc) is 3.24. The first-order chi connectivity index (χ1) is 13.5. The topological polar surface area (TPSA) is 113 Å². The van der Waals surface area contributed by atoms with E-state index >= 15 is 0 Å². The van der Waals surface area contributed by atoms with Gasteiger partial charge < -0.3 is 20.4 Å². The van der Waals surface area contributed by atoms with Crippen molar-refractivity contribution in [1.82, 2.24) is 10.3 Å². The zero-order valence-electron chi connectivity index (χ0n) is 15.0. The zero-order valence-corrected chi connectivity index (χ0v) is 15.0. The van der Waals surface area contributed by atoms with Crippen LogP contribution in [0.4, 0.5) is 11.4 Å². The molecule has 2 aromatic heterocycles. The first kappa shape index (κ1) is 18.8. The quantitative estimate of drug-likeness (QED) is 0.610. The molecule has 3 N–H and O–H groups in total. The van der Waals surface area contributed by atoms with E-state index in [0.29, 0.717) is 22.5 Å². The summed E-state index contributed by atoms with van der Waals surface area (Å²) in [5.41, 5.74) is 1.76. The number of pyridine rings is 1. The van der Waals surface area contributed by atoms with Gasteiger partial charge in [0.25, 0.3) is 11.8 Å². The van der Waals surface area contributed by atoms with Gasteiger partial charge in [-0.2, -0.15) is 0 Å². The van der Waals surface area contributed by atoms with E-state index in [1.54, 1.807) is 49.5 Å². The number of nitrogens with zero attached hydrogens (tertiary/aromatic N) is 1. The van der Waals surface area contributed by atoms with Crippen molar-refractivity contribution in [2.24, 2.45) is 0 Å². The lowest BCUT2D eigenvalue weighted by Gasteiger charge is -2.14. The lowest BCUT2D eigenvalue weighted by atomic mass is 10.2. The Balaban J connectivity index is 1.59. The number of aromatic nitrogens is 1. The molecule has 3 rings (SSSR count). The highest BCUT2D eigenvalue weighted by atomic mass is 16.3. The van der Waals surface area contributed by atoms with Crippen molar-refractivity contribution in [2.45, 2.75) is 13.0 Å². The fourth-order valence-corrected chi connectivity index (χ4v) is 2.36. The minimum atomic E-state index is -0.768. The van der Waals surface area contributed by atoms with Crippen molar-refractivity contribution in [2.75, 3.05) is 10.6 Å². The highest BCUT2D eigenvalue weighted by molar-refractivity contribution is 6.05. The molecule has 0 unspecified atom stereocenters. The molecular weight excluding hydrogens is 360 g/mol. The average molecular weight is 378 g/mol. The van der Waals surface area contributed by atoms with Crippen molar-refractivity contribution >= 4 is 29.1 Å². The van der Waals surface area contributed by atoms with Crippen molar-refractivity contribution in [1.29, 1.82) is 0 Å². The number of hydrogen-bond donors (Lipinski definition) is 3. The number of furan rings is 1. The van der Waals surface area contributed by atoms with Crippen LogP contribution in [0.3, 0.4) is 0 Å². The number of rotatable bonds is 6. The fraction of sp³-hybridized carbons (Fsp3) is 0.100. The summed E-state index contributed by atoms with van der Waals surface area (Å²) in [6.45, 7) is 1.57. The Labute approximate surface area is 161 Å². The second-order valence-corrected chi connectivity index (χ2v) is 5.97. The Morgan fingerprint density at radius 2 is 1.75 bits per heavy atom. The molecule has 8 nitrogen and oxygen atoms in total. The summed E-state index contributed by atoms with van der Waals surface area (Å²) in [7, 11) is 0. The fourth-order valence-electron chi connectivity index (χ4n) is 2.36. The maximum Gasteiger partial charge on any atom is 0.257 e. The van der Waals surface area contributed by atoms with E-state index in [-0.39, 0.29) is 5.91 Å². The third-order valence-corrected chi connectivity index (χ3v) is 3.84. The number of carbonyl (C=O) groups is 3. The molecule has 28 heavy (non-hydrogen) atoms. The summed E-state index contributed by atoms with van der Waals surface area (Å²) in [6.07, 6.45) is 5.73. The second-order valence-electron chi connectivity index (χ2n) is 5.97. The molecule has 0 aliphatic carbocycles. The standard InChI is InChI=1S/C20H18N4O4/c1-13(22-20(27)15-7-9-28-12-15)18(25)23-16-5-2-6-17(10-16)24-19(26)14-4-3-8-21-11-14/h2-13H,1H3,(H,22,27)(H,23,25)(H,24,26)/t13-/m0/s1. The van der Waals surface area contributed by atoms with Crippen LogP contribution in [0.5, 0.6) is 0 Å². The first-order valence-electron chi connectivity index (χ1n) is 8.48. The molecular formula is C20H18N4O4. The summed E-state index contributed by atoms with van der Waals surface area (Å²) in [5, 5.41) is 8.03. The number of benzene rings is 1. The minimum absolute atomic E-state index is 0.308. The molecule has 0 spiro atoms. The van der Waals surface area contributed by atoms with Gasteiger partial charge in [0.2, 0.25) is 5.91 Å². The second kappa shape index (κ2) is 8.63. The Morgan fingerprint density at radius 3 is 2.43 bits per heavy atom. The predicted octanol–water partition coefficient (Wildman–Crippen LogP) is 2.68. The SMILES string of the molecule is C[C@H](NC(=O)c1ccoc1)C(=O)Nc1cccc(NC(=O)c2cccnc2)c1. The van der Waals surface area contributed by atoms with Gasteiger partial charge in [0.05, 0.1) is 17.4 Å². The van der Waals surface area contributed by atoms with Gasteiger partial charge >= 0.3 is 0 Å². The van der Waals surface area contributed by atoms with Crippen molar-refractivity contribution in [3.8, 4) is 0 Å². The molecule has 1 atom stereocenters. The first-order valence-corrected chi connectivity index (χ1v) is 8.48. The predicted molar refractivity (Wildman–Crippen MR) is 103 cm³/mol. The van der Waals surface area contributed by atoms with E-state index in [9.17, 15) is 14.4 Å². The molecule has 0 radical (unpaired) electrons. The van der Waals surface area contributed by atoms with E-state index in [0.717, 1.165) is 0 Å². The maximum absolute atomic E-state index is 12.3. The molecule has 8 heteroatoms.